The highest BCUT2D eigenvalue weighted by atomic mass is 16.5. The Bertz CT molecular complexity index is 1110. The van der Waals surface area contributed by atoms with E-state index in [1.54, 1.807) is 10.6 Å². The third-order valence-electron chi connectivity index (χ3n) is 4.25. The minimum atomic E-state index is -0.146. The van der Waals surface area contributed by atoms with Gasteiger partial charge in [0.2, 0.25) is 5.91 Å². The summed E-state index contributed by atoms with van der Waals surface area (Å²) in [6.45, 7) is 3.91. The second kappa shape index (κ2) is 6.99. The molecule has 0 radical (unpaired) electrons. The third-order valence-corrected chi connectivity index (χ3v) is 4.25. The van der Waals surface area contributed by atoms with E-state index in [-0.39, 0.29) is 12.3 Å². The highest BCUT2D eigenvalue weighted by Gasteiger charge is 2.14. The van der Waals surface area contributed by atoms with Crippen molar-refractivity contribution in [1.82, 2.24) is 24.7 Å². The van der Waals surface area contributed by atoms with Gasteiger partial charge in [-0.05, 0) is 30.7 Å². The maximum atomic E-state index is 12.4. The Morgan fingerprint density at radius 3 is 2.85 bits per heavy atom. The molecule has 1 N–H and O–H groups in total. The molecule has 27 heavy (non-hydrogen) atoms. The Hall–Kier alpha value is -3.55. The number of pyridine rings is 1. The van der Waals surface area contributed by atoms with Crippen LogP contribution >= 0.6 is 0 Å². The summed E-state index contributed by atoms with van der Waals surface area (Å²) in [5.41, 5.74) is 3.18. The van der Waals surface area contributed by atoms with Crippen molar-refractivity contribution in [2.24, 2.45) is 0 Å². The van der Waals surface area contributed by atoms with E-state index in [1.807, 2.05) is 50.2 Å². The summed E-state index contributed by atoms with van der Waals surface area (Å²) in [5.74, 6) is 1.51. The first kappa shape index (κ1) is 16.9. The van der Waals surface area contributed by atoms with E-state index in [0.29, 0.717) is 29.6 Å². The van der Waals surface area contributed by atoms with Gasteiger partial charge in [-0.15, -0.1) is 10.2 Å². The van der Waals surface area contributed by atoms with Crippen molar-refractivity contribution in [3.8, 4) is 11.5 Å². The molecule has 4 rings (SSSR count). The van der Waals surface area contributed by atoms with E-state index in [4.69, 9.17) is 4.52 Å². The van der Waals surface area contributed by atoms with E-state index >= 15 is 0 Å². The molecule has 0 aliphatic carbocycles. The first-order valence-electron chi connectivity index (χ1n) is 8.66. The van der Waals surface area contributed by atoms with Crippen molar-refractivity contribution >= 4 is 17.2 Å². The van der Waals surface area contributed by atoms with Gasteiger partial charge in [0.15, 0.2) is 11.5 Å². The highest BCUT2D eigenvalue weighted by Crippen LogP contribution is 2.19. The fraction of sp³-hybridized carbons (Fsp3) is 0.211. The van der Waals surface area contributed by atoms with Crippen LogP contribution in [0.2, 0.25) is 0 Å². The van der Waals surface area contributed by atoms with E-state index in [2.05, 4.69) is 25.7 Å². The molecule has 0 unspecified atom stereocenters. The molecule has 3 aromatic heterocycles. The van der Waals surface area contributed by atoms with Gasteiger partial charge < -0.3 is 9.84 Å². The number of carbonyl (C=O) groups excluding carboxylic acids is 1. The average Bonchev–Trinajstić information content (AvgIpc) is 3.30. The molecule has 0 spiro atoms. The lowest BCUT2D eigenvalue weighted by molar-refractivity contribution is -0.115. The first-order valence-corrected chi connectivity index (χ1v) is 8.66. The van der Waals surface area contributed by atoms with Crippen LogP contribution in [0.5, 0.6) is 0 Å². The minimum absolute atomic E-state index is 0.120. The molecule has 1 amide bonds. The zero-order chi connectivity index (χ0) is 18.8. The van der Waals surface area contributed by atoms with Gasteiger partial charge in [-0.25, -0.2) is 0 Å². The van der Waals surface area contributed by atoms with Crippen LogP contribution in [0.4, 0.5) is 5.69 Å². The summed E-state index contributed by atoms with van der Waals surface area (Å²) in [6.07, 6.45) is 2.63. The van der Waals surface area contributed by atoms with Gasteiger partial charge >= 0.3 is 0 Å². The Balaban J connectivity index is 1.54. The molecule has 3 heterocycles. The van der Waals surface area contributed by atoms with Crippen LogP contribution in [0.3, 0.4) is 0 Å². The number of carbonyl (C=O) groups is 1. The van der Waals surface area contributed by atoms with Gasteiger partial charge in [-0.2, -0.15) is 4.98 Å². The number of fused-ring (bicyclic) bond motifs is 1. The van der Waals surface area contributed by atoms with Crippen molar-refractivity contribution in [2.45, 2.75) is 26.7 Å². The number of para-hydroxylation sites is 1. The zero-order valence-electron chi connectivity index (χ0n) is 15.0. The quantitative estimate of drug-likeness (QED) is 0.586. The molecular formula is C19H18N6O2. The normalized spacial score (nSPS) is 11.0. The number of aromatic nitrogens is 5. The van der Waals surface area contributed by atoms with E-state index < -0.39 is 0 Å². The summed E-state index contributed by atoms with van der Waals surface area (Å²) >= 11 is 0. The fourth-order valence-electron chi connectivity index (χ4n) is 2.76. The third kappa shape index (κ3) is 3.41. The standard InChI is InChI=1S/C19H18N6O2/c1-3-15-21-19(27-24-15)13-8-9-25-16(10-13)22-23-17(25)11-18(26)20-14-7-5-4-6-12(14)2/h4-10H,3,11H2,1-2H3,(H,20,26). The van der Waals surface area contributed by atoms with Crippen molar-refractivity contribution in [3.63, 3.8) is 0 Å². The predicted molar refractivity (Wildman–Crippen MR) is 99.2 cm³/mol. The Labute approximate surface area is 155 Å². The molecule has 0 saturated heterocycles. The number of amides is 1. The summed E-state index contributed by atoms with van der Waals surface area (Å²) in [5, 5.41) is 15.1. The molecule has 0 aliphatic rings. The predicted octanol–water partition coefficient (Wildman–Crippen LogP) is 2.83. The number of nitrogens with one attached hydrogen (secondary N) is 1. The number of hydrogen-bond acceptors (Lipinski definition) is 6. The van der Waals surface area contributed by atoms with E-state index in [0.717, 1.165) is 16.8 Å². The molecule has 0 saturated carbocycles. The molecule has 0 bridgehead atoms. The summed E-state index contributed by atoms with van der Waals surface area (Å²) in [4.78, 5) is 16.7. The van der Waals surface area contributed by atoms with Gasteiger partial charge in [-0.1, -0.05) is 30.3 Å². The molecule has 136 valence electrons. The van der Waals surface area contributed by atoms with Crippen molar-refractivity contribution in [3.05, 3.63) is 59.8 Å². The lowest BCUT2D eigenvalue weighted by Gasteiger charge is -2.07. The van der Waals surface area contributed by atoms with Gasteiger partial charge in [-0.3, -0.25) is 9.20 Å². The number of rotatable bonds is 5. The monoisotopic (exact) mass is 362 g/mol. The smallest absolute Gasteiger partial charge is 0.258 e. The number of hydrogen-bond donors (Lipinski definition) is 1. The van der Waals surface area contributed by atoms with Crippen LogP contribution in [0.15, 0.2) is 47.1 Å². The molecule has 0 atom stereocenters. The maximum absolute atomic E-state index is 12.4. The van der Waals surface area contributed by atoms with Crippen molar-refractivity contribution < 1.29 is 9.32 Å². The van der Waals surface area contributed by atoms with Gasteiger partial charge in [0.1, 0.15) is 5.82 Å². The molecule has 4 aromatic rings. The molecule has 0 aliphatic heterocycles. The maximum Gasteiger partial charge on any atom is 0.258 e. The van der Waals surface area contributed by atoms with Crippen LogP contribution in [-0.2, 0) is 17.6 Å². The number of aryl methyl sites for hydroxylation is 2. The van der Waals surface area contributed by atoms with Gasteiger partial charge in [0.05, 0.1) is 6.42 Å². The van der Waals surface area contributed by atoms with Crippen LogP contribution in [0.1, 0.15) is 24.1 Å². The second-order valence-corrected chi connectivity index (χ2v) is 6.17. The Morgan fingerprint density at radius 2 is 2.07 bits per heavy atom. The summed E-state index contributed by atoms with van der Waals surface area (Å²) < 4.78 is 7.03. The summed E-state index contributed by atoms with van der Waals surface area (Å²) in [6, 6.07) is 11.3. The highest BCUT2D eigenvalue weighted by molar-refractivity contribution is 5.92. The second-order valence-electron chi connectivity index (χ2n) is 6.17. The molecule has 1 aromatic carbocycles. The van der Waals surface area contributed by atoms with Gasteiger partial charge in [0.25, 0.3) is 5.89 Å². The topological polar surface area (TPSA) is 98.2 Å². The number of nitrogens with zero attached hydrogens (tertiary/aromatic N) is 5. The fourth-order valence-corrected chi connectivity index (χ4v) is 2.76. The summed E-state index contributed by atoms with van der Waals surface area (Å²) in [7, 11) is 0. The number of anilines is 1. The zero-order valence-corrected chi connectivity index (χ0v) is 15.0. The van der Waals surface area contributed by atoms with Crippen LogP contribution in [0.25, 0.3) is 17.1 Å². The van der Waals surface area contributed by atoms with Gasteiger partial charge in [0, 0.05) is 23.9 Å². The Morgan fingerprint density at radius 1 is 1.22 bits per heavy atom. The van der Waals surface area contributed by atoms with Crippen molar-refractivity contribution in [1.29, 1.82) is 0 Å². The largest absolute Gasteiger partial charge is 0.334 e. The van der Waals surface area contributed by atoms with E-state index in [1.165, 1.54) is 0 Å². The lowest BCUT2D eigenvalue weighted by atomic mass is 10.2. The van der Waals surface area contributed by atoms with Crippen LogP contribution in [-0.4, -0.2) is 30.6 Å². The molecular weight excluding hydrogens is 344 g/mol. The molecule has 8 heteroatoms. The number of benzene rings is 1. The molecule has 8 nitrogen and oxygen atoms in total. The molecule has 0 fully saturated rings. The van der Waals surface area contributed by atoms with Crippen LogP contribution in [0, 0.1) is 6.92 Å². The first-order chi connectivity index (χ1) is 13.1. The van der Waals surface area contributed by atoms with Crippen LogP contribution < -0.4 is 5.32 Å². The average molecular weight is 362 g/mol. The van der Waals surface area contributed by atoms with E-state index in [9.17, 15) is 4.79 Å². The lowest BCUT2D eigenvalue weighted by Crippen LogP contribution is -2.16. The minimum Gasteiger partial charge on any atom is -0.334 e. The SMILES string of the molecule is CCc1noc(-c2ccn3c(CC(=O)Nc4ccccc4C)nnc3c2)n1. The Kier molecular flexibility index (Phi) is 4.37. The van der Waals surface area contributed by atoms with Crippen molar-refractivity contribution in [2.75, 3.05) is 5.32 Å².